The fourth-order valence-corrected chi connectivity index (χ4v) is 9.72. The van der Waals surface area contributed by atoms with E-state index >= 15 is 0 Å². The number of rotatable bonds is 4. The van der Waals surface area contributed by atoms with Gasteiger partial charge in [-0.25, -0.2) is 17.7 Å². The average Bonchev–Trinajstić information content (AvgIpc) is 3.03. The number of aromatic nitrogens is 2. The van der Waals surface area contributed by atoms with Gasteiger partial charge in [0.2, 0.25) is 0 Å². The SMILES string of the molecule is CC1(C)O[C@@H]2[C@H](O1)[C@@H](COP1(=S)OP(=O)([O-])OP(=O)([O-])O1)O[C@H]2n1ccc(N)nc1=O. The second-order valence-electron chi connectivity index (χ2n) is 7.05. The highest BCUT2D eigenvalue weighted by Gasteiger charge is 2.56. The zero-order valence-corrected chi connectivity index (χ0v) is 19.3. The minimum absolute atomic E-state index is 0.00958. The molecule has 0 bridgehead atoms. The highest BCUT2D eigenvalue weighted by molar-refractivity contribution is 8.10. The van der Waals surface area contributed by atoms with E-state index in [1.165, 1.54) is 12.3 Å². The number of hydrogen-bond acceptors (Lipinski definition) is 15. The lowest BCUT2D eigenvalue weighted by Gasteiger charge is -2.40. The van der Waals surface area contributed by atoms with Crippen LogP contribution in [0, 0.1) is 0 Å². The van der Waals surface area contributed by atoms with Crippen molar-refractivity contribution >= 4 is 40.0 Å². The van der Waals surface area contributed by atoms with Gasteiger partial charge in [0.15, 0.2) is 12.0 Å². The van der Waals surface area contributed by atoms with Crippen LogP contribution in [0.15, 0.2) is 17.1 Å². The van der Waals surface area contributed by atoms with Crippen LogP contribution in [0.2, 0.25) is 0 Å². The molecule has 2 unspecified atom stereocenters. The lowest BCUT2D eigenvalue weighted by molar-refractivity contribution is -0.241. The average molecular weight is 519 g/mol. The molecule has 0 amide bonds. The second kappa shape index (κ2) is 7.74. The van der Waals surface area contributed by atoms with E-state index in [-0.39, 0.29) is 5.82 Å². The van der Waals surface area contributed by atoms with E-state index in [0.717, 1.165) is 4.57 Å². The standard InChI is InChI=1S/C12H18N3O12P3S/c1-12(2)23-8-6(5-21-30(31)26-28(17,18)25-29(19,20)27-30)22-10(9(8)24-12)15-4-3-7(13)14-11(15)16/h3-4,6,8-10H,5H2,1-2H3,(H,17,18)(H,19,20)(H2,13,14,16)/p-2/t6-,8-,9-,10-/m1/s1. The lowest BCUT2D eigenvalue weighted by Crippen LogP contribution is -2.35. The Balaban J connectivity index is 1.56. The van der Waals surface area contributed by atoms with Gasteiger partial charge in [-0.05, 0) is 31.7 Å². The molecule has 0 aliphatic carbocycles. The molecule has 4 rings (SSSR count). The van der Waals surface area contributed by atoms with Crippen molar-refractivity contribution in [2.75, 3.05) is 12.3 Å². The molecule has 15 nitrogen and oxygen atoms in total. The molecule has 0 saturated carbocycles. The van der Waals surface area contributed by atoms with Gasteiger partial charge < -0.3 is 34.3 Å². The molecule has 2 N–H and O–H groups in total. The topological polar surface area (TPSA) is 206 Å². The fourth-order valence-electron chi connectivity index (χ4n) is 3.26. The third kappa shape index (κ3) is 5.02. The summed E-state index contributed by atoms with van der Waals surface area (Å²) in [6.45, 7) is -1.54. The molecule has 1 aromatic rings. The number of phosphoric acid groups is 2. The van der Waals surface area contributed by atoms with E-state index in [9.17, 15) is 23.7 Å². The van der Waals surface area contributed by atoms with Gasteiger partial charge >= 0.3 is 12.4 Å². The van der Waals surface area contributed by atoms with Gasteiger partial charge in [0, 0.05) is 6.20 Å². The Morgan fingerprint density at radius 2 is 1.84 bits per heavy atom. The van der Waals surface area contributed by atoms with Crippen LogP contribution in [-0.4, -0.2) is 40.3 Å². The highest BCUT2D eigenvalue weighted by Crippen LogP contribution is 2.77. The first-order valence-electron chi connectivity index (χ1n) is 8.54. The monoisotopic (exact) mass is 519 g/mol. The van der Waals surface area contributed by atoms with E-state index in [4.69, 9.17) is 36.3 Å². The van der Waals surface area contributed by atoms with Crippen LogP contribution < -0.4 is 21.2 Å². The Kier molecular flexibility index (Phi) is 5.89. The van der Waals surface area contributed by atoms with Crippen LogP contribution in [0.25, 0.3) is 0 Å². The van der Waals surface area contributed by atoms with Crippen LogP contribution in [0.3, 0.4) is 0 Å². The zero-order chi connectivity index (χ0) is 22.8. The third-order valence-electron chi connectivity index (χ3n) is 4.25. The maximum absolute atomic E-state index is 12.3. The summed E-state index contributed by atoms with van der Waals surface area (Å²) in [7, 11) is -10.6. The Hall–Kier alpha value is -0.570. The number of fused-ring (bicyclic) bond motifs is 1. The smallest absolute Gasteiger partial charge is 0.351 e. The van der Waals surface area contributed by atoms with Gasteiger partial charge in [0.05, 0.1) is 6.61 Å². The number of nitrogens with zero attached hydrogens (tertiary/aromatic N) is 2. The minimum atomic E-state index is -5.30. The highest BCUT2D eigenvalue weighted by atomic mass is 32.5. The Morgan fingerprint density at radius 1 is 1.23 bits per heavy atom. The molecule has 3 fully saturated rings. The summed E-state index contributed by atoms with van der Waals surface area (Å²) < 4.78 is 59.4. The van der Waals surface area contributed by atoms with Crippen LogP contribution in [0.1, 0.15) is 20.1 Å². The first-order valence-corrected chi connectivity index (χ1v) is 14.0. The molecule has 0 spiro atoms. The largest absolute Gasteiger partial charge is 0.756 e. The summed E-state index contributed by atoms with van der Waals surface area (Å²) in [5.41, 5.74) is 4.80. The molecule has 0 aromatic carbocycles. The van der Waals surface area contributed by atoms with Crippen molar-refractivity contribution < 1.29 is 50.6 Å². The molecule has 0 radical (unpaired) electrons. The summed E-state index contributed by atoms with van der Waals surface area (Å²) in [4.78, 5) is 38.9. The van der Waals surface area contributed by atoms with Crippen molar-refractivity contribution in [3.8, 4) is 0 Å². The molecule has 31 heavy (non-hydrogen) atoms. The van der Waals surface area contributed by atoms with Gasteiger partial charge in [0.25, 0.3) is 15.6 Å². The number of hydrogen-bond donors (Lipinski definition) is 1. The van der Waals surface area contributed by atoms with Gasteiger partial charge in [-0.2, -0.15) is 4.98 Å². The summed E-state index contributed by atoms with van der Waals surface area (Å²) >= 11 is 4.82. The first kappa shape index (κ1) is 23.6. The molecule has 1 aromatic heterocycles. The molecule has 3 aliphatic heterocycles. The second-order valence-corrected chi connectivity index (χ2v) is 13.3. The van der Waals surface area contributed by atoms with Gasteiger partial charge in [-0.1, -0.05) is 0 Å². The quantitative estimate of drug-likeness (QED) is 0.497. The maximum atomic E-state index is 12.3. The number of nitrogen functional groups attached to an aromatic ring is 1. The van der Waals surface area contributed by atoms with E-state index in [1.54, 1.807) is 13.8 Å². The van der Waals surface area contributed by atoms with Gasteiger partial charge in [0.1, 0.15) is 24.1 Å². The summed E-state index contributed by atoms with van der Waals surface area (Å²) in [6.07, 6.45) is -2.22. The molecule has 3 aliphatic rings. The Bertz CT molecular complexity index is 1070. The van der Waals surface area contributed by atoms with Crippen molar-refractivity contribution in [2.24, 2.45) is 0 Å². The molecule has 4 heterocycles. The van der Waals surface area contributed by atoms with Crippen LogP contribution in [0.5, 0.6) is 0 Å². The van der Waals surface area contributed by atoms with Crippen LogP contribution in [0.4, 0.5) is 5.82 Å². The van der Waals surface area contributed by atoms with Crippen LogP contribution >= 0.6 is 22.4 Å². The molecule has 6 atom stereocenters. The normalized spacial score (nSPS) is 44.3. The summed E-state index contributed by atoms with van der Waals surface area (Å²) in [5.74, 6) is -1.04. The van der Waals surface area contributed by atoms with Crippen molar-refractivity contribution in [2.45, 2.75) is 44.2 Å². The van der Waals surface area contributed by atoms with E-state index in [0.29, 0.717) is 0 Å². The van der Waals surface area contributed by atoms with E-state index < -0.39 is 65.0 Å². The van der Waals surface area contributed by atoms with Crippen molar-refractivity contribution in [3.05, 3.63) is 22.7 Å². The first-order chi connectivity index (χ1) is 14.2. The number of ether oxygens (including phenoxy) is 3. The Morgan fingerprint density at radius 3 is 2.45 bits per heavy atom. The molecular weight excluding hydrogens is 503 g/mol. The van der Waals surface area contributed by atoms with E-state index in [2.05, 4.69) is 17.9 Å². The van der Waals surface area contributed by atoms with Crippen molar-refractivity contribution in [1.29, 1.82) is 0 Å². The zero-order valence-electron chi connectivity index (χ0n) is 15.8. The van der Waals surface area contributed by atoms with Crippen molar-refractivity contribution in [1.82, 2.24) is 9.55 Å². The lowest BCUT2D eigenvalue weighted by atomic mass is 10.1. The number of anilines is 1. The predicted molar refractivity (Wildman–Crippen MR) is 99.3 cm³/mol. The summed E-state index contributed by atoms with van der Waals surface area (Å²) in [6, 6.07) is 1.38. The maximum Gasteiger partial charge on any atom is 0.351 e. The molecule has 3 saturated heterocycles. The minimum Gasteiger partial charge on any atom is -0.756 e. The third-order valence-corrected chi connectivity index (χ3v) is 11.0. The number of nitrogens with two attached hydrogens (primary N) is 1. The fraction of sp³-hybridized carbons (Fsp3) is 0.667. The van der Waals surface area contributed by atoms with Crippen LogP contribution in [-0.2, 0) is 52.6 Å². The predicted octanol–water partition coefficient (Wildman–Crippen LogP) is -0.516. The van der Waals surface area contributed by atoms with Gasteiger partial charge in [-0.3, -0.25) is 13.7 Å². The molecule has 19 heteroatoms. The van der Waals surface area contributed by atoms with Gasteiger partial charge in [-0.15, -0.1) is 0 Å². The molecule has 174 valence electrons. The summed E-state index contributed by atoms with van der Waals surface area (Å²) in [5, 5.41) is 0. The Labute approximate surface area is 179 Å². The van der Waals surface area contributed by atoms with Crippen molar-refractivity contribution in [3.63, 3.8) is 0 Å². The molecular formula is C12H16N3O12P3S-2. The van der Waals surface area contributed by atoms with E-state index in [1.807, 2.05) is 0 Å².